The lowest BCUT2D eigenvalue weighted by Crippen LogP contribution is -2.11. The zero-order chi connectivity index (χ0) is 17.4. The number of hydrogen-bond donors (Lipinski definition) is 1. The third-order valence-corrected chi connectivity index (χ3v) is 5.06. The van der Waals surface area contributed by atoms with Gasteiger partial charge in [-0.05, 0) is 48.1 Å². The number of fused-ring (bicyclic) bond motifs is 1. The van der Waals surface area contributed by atoms with Crippen LogP contribution in [-0.4, -0.2) is 21.8 Å². The van der Waals surface area contributed by atoms with Crippen molar-refractivity contribution in [3.63, 3.8) is 0 Å². The summed E-state index contributed by atoms with van der Waals surface area (Å²) in [6.45, 7) is 0.830. The van der Waals surface area contributed by atoms with Gasteiger partial charge in [-0.1, -0.05) is 30.3 Å². The van der Waals surface area contributed by atoms with Crippen LogP contribution in [0, 0.1) is 0 Å². The van der Waals surface area contributed by atoms with Gasteiger partial charge in [-0.15, -0.1) is 0 Å². The fraction of sp³-hybridized carbons (Fsp3) is 0.250. The zero-order valence-corrected chi connectivity index (χ0v) is 14.4. The normalized spacial score (nSPS) is 17.7. The van der Waals surface area contributed by atoms with Gasteiger partial charge >= 0.3 is 5.97 Å². The summed E-state index contributed by atoms with van der Waals surface area (Å²) < 4.78 is 7.15. The summed E-state index contributed by atoms with van der Waals surface area (Å²) in [6.07, 6.45) is 5.03. The summed E-state index contributed by atoms with van der Waals surface area (Å²) in [5, 5.41) is 9.99. The average Bonchev–Trinajstić information content (AvgIpc) is 2.99. The van der Waals surface area contributed by atoms with Crippen molar-refractivity contribution in [3.8, 4) is 11.1 Å². The summed E-state index contributed by atoms with van der Waals surface area (Å²) in [5.41, 5.74) is 4.10. The van der Waals surface area contributed by atoms with E-state index in [1.165, 1.54) is 22.3 Å². The monoisotopic (exact) mass is 355 g/mol. The molecule has 0 spiro atoms. The molecule has 1 aliphatic rings. The first kappa shape index (κ1) is 16.2. The molecule has 0 radical (unpaired) electrons. The van der Waals surface area contributed by atoms with Crippen molar-refractivity contribution in [2.75, 3.05) is 6.61 Å². The molecule has 1 aromatic heterocycles. The number of carboxylic acid groups (broad SMARTS) is 1. The van der Waals surface area contributed by atoms with E-state index in [-0.39, 0.29) is 11.7 Å². The lowest BCUT2D eigenvalue weighted by Gasteiger charge is -2.23. The van der Waals surface area contributed by atoms with Gasteiger partial charge in [0.15, 0.2) is 0 Å². The fourth-order valence-corrected chi connectivity index (χ4v) is 3.68. The Morgan fingerprint density at radius 2 is 1.88 bits per heavy atom. The number of carboxylic acids is 1. The smallest absolute Gasteiger partial charge is 0.337 e. The second-order valence-electron chi connectivity index (χ2n) is 6.37. The van der Waals surface area contributed by atoms with Crippen LogP contribution in [0.4, 0.5) is 0 Å². The van der Waals surface area contributed by atoms with E-state index < -0.39 is 5.97 Å². The molecular formula is C20H18ClNO3. The van der Waals surface area contributed by atoms with Crippen molar-refractivity contribution < 1.29 is 14.6 Å². The average molecular weight is 356 g/mol. The van der Waals surface area contributed by atoms with E-state index in [0.29, 0.717) is 10.9 Å². The molecule has 0 bridgehead atoms. The van der Waals surface area contributed by atoms with E-state index in [4.69, 9.17) is 16.5 Å². The molecule has 1 N–H and O–H groups in total. The molecular weight excluding hydrogens is 338 g/mol. The minimum absolute atomic E-state index is 0.189. The van der Waals surface area contributed by atoms with Gasteiger partial charge in [-0.2, -0.15) is 0 Å². The molecule has 3 aromatic rings. The topological polar surface area (TPSA) is 51.5 Å². The molecule has 128 valence electrons. The first-order valence-corrected chi connectivity index (χ1v) is 8.74. The Labute approximate surface area is 150 Å². The molecule has 1 unspecified atom stereocenters. The number of nitrogens with zero attached hydrogens (tertiary/aromatic N) is 1. The molecule has 5 heteroatoms. The molecule has 1 aliphatic heterocycles. The SMILES string of the molecule is O=C(O)c1cn(Cl)c2ccc(-c3ccc(C4CCCCO4)cc3)cc12. The van der Waals surface area contributed by atoms with E-state index in [2.05, 4.69) is 24.3 Å². The number of halogens is 1. The highest BCUT2D eigenvalue weighted by Crippen LogP contribution is 2.32. The zero-order valence-electron chi connectivity index (χ0n) is 13.6. The predicted molar refractivity (Wildman–Crippen MR) is 98.1 cm³/mol. The van der Waals surface area contributed by atoms with Crippen LogP contribution in [0.3, 0.4) is 0 Å². The molecule has 2 heterocycles. The second-order valence-corrected chi connectivity index (χ2v) is 6.73. The van der Waals surface area contributed by atoms with Crippen molar-refractivity contribution >= 4 is 28.6 Å². The number of ether oxygens (including phenoxy) is 1. The van der Waals surface area contributed by atoms with Crippen LogP contribution in [0.15, 0.2) is 48.7 Å². The molecule has 4 rings (SSSR count). The fourth-order valence-electron chi connectivity index (χ4n) is 3.43. The molecule has 1 saturated heterocycles. The van der Waals surface area contributed by atoms with Crippen LogP contribution in [-0.2, 0) is 4.74 Å². The first-order chi connectivity index (χ1) is 12.1. The van der Waals surface area contributed by atoms with Gasteiger partial charge in [0.05, 0.1) is 17.2 Å². The molecule has 1 fully saturated rings. The Balaban J connectivity index is 1.69. The minimum Gasteiger partial charge on any atom is -0.478 e. The quantitative estimate of drug-likeness (QED) is 0.698. The van der Waals surface area contributed by atoms with E-state index in [0.717, 1.165) is 30.6 Å². The number of aromatic carboxylic acids is 1. The number of aromatic nitrogens is 1. The van der Waals surface area contributed by atoms with Crippen LogP contribution in [0.2, 0.25) is 0 Å². The van der Waals surface area contributed by atoms with Crippen LogP contribution in [0.25, 0.3) is 22.0 Å². The molecule has 2 aromatic carbocycles. The van der Waals surface area contributed by atoms with Gasteiger partial charge in [0.25, 0.3) is 0 Å². The van der Waals surface area contributed by atoms with E-state index in [1.54, 1.807) is 0 Å². The standard InChI is InChI=1S/C20H18ClNO3/c21-22-12-17(20(23)24)16-11-15(8-9-18(16)22)13-4-6-14(7-5-13)19-3-1-2-10-25-19/h4-9,11-12,19H,1-3,10H2,(H,23,24). The third kappa shape index (κ3) is 3.03. The molecule has 1 atom stereocenters. The van der Waals surface area contributed by atoms with Gasteiger partial charge < -0.3 is 9.84 Å². The Bertz CT molecular complexity index is 924. The van der Waals surface area contributed by atoms with Crippen LogP contribution >= 0.6 is 11.8 Å². The lowest BCUT2D eigenvalue weighted by atomic mass is 9.97. The lowest BCUT2D eigenvalue weighted by molar-refractivity contribution is 0.0149. The molecule has 0 saturated carbocycles. The molecule has 25 heavy (non-hydrogen) atoms. The van der Waals surface area contributed by atoms with E-state index in [1.807, 2.05) is 18.2 Å². The maximum absolute atomic E-state index is 11.4. The highest BCUT2D eigenvalue weighted by atomic mass is 35.5. The predicted octanol–water partition coefficient (Wildman–Crippen LogP) is 5.25. The van der Waals surface area contributed by atoms with Crippen molar-refractivity contribution in [1.29, 1.82) is 0 Å². The van der Waals surface area contributed by atoms with Crippen molar-refractivity contribution in [2.24, 2.45) is 0 Å². The van der Waals surface area contributed by atoms with Crippen LogP contribution in [0.5, 0.6) is 0 Å². The number of benzene rings is 2. The maximum Gasteiger partial charge on any atom is 0.337 e. The second kappa shape index (κ2) is 6.54. The molecule has 0 amide bonds. The van der Waals surface area contributed by atoms with Crippen molar-refractivity contribution in [3.05, 3.63) is 59.8 Å². The van der Waals surface area contributed by atoms with Gasteiger partial charge in [-0.3, -0.25) is 4.09 Å². The van der Waals surface area contributed by atoms with Crippen LogP contribution < -0.4 is 0 Å². The molecule has 4 nitrogen and oxygen atoms in total. The summed E-state index contributed by atoms with van der Waals surface area (Å²) in [6, 6.07) is 14.0. The van der Waals surface area contributed by atoms with Gasteiger partial charge in [-0.25, -0.2) is 4.79 Å². The van der Waals surface area contributed by atoms with E-state index in [9.17, 15) is 9.90 Å². The first-order valence-electron chi connectivity index (χ1n) is 8.40. The number of hydrogen-bond acceptors (Lipinski definition) is 2. The summed E-state index contributed by atoms with van der Waals surface area (Å²) in [5.74, 6) is -0.980. The summed E-state index contributed by atoms with van der Waals surface area (Å²) in [7, 11) is 0. The largest absolute Gasteiger partial charge is 0.478 e. The third-order valence-electron chi connectivity index (χ3n) is 4.79. The Morgan fingerprint density at radius 1 is 1.12 bits per heavy atom. The Morgan fingerprint density at radius 3 is 2.56 bits per heavy atom. The Hall–Kier alpha value is -2.30. The molecule has 0 aliphatic carbocycles. The maximum atomic E-state index is 11.4. The minimum atomic E-state index is -0.980. The van der Waals surface area contributed by atoms with E-state index >= 15 is 0 Å². The van der Waals surface area contributed by atoms with Crippen molar-refractivity contribution in [1.82, 2.24) is 4.09 Å². The Kier molecular flexibility index (Phi) is 4.24. The number of carbonyl (C=O) groups is 1. The van der Waals surface area contributed by atoms with Gasteiger partial charge in [0.2, 0.25) is 0 Å². The summed E-state index contributed by atoms with van der Waals surface area (Å²) in [4.78, 5) is 11.4. The van der Waals surface area contributed by atoms with Crippen molar-refractivity contribution in [2.45, 2.75) is 25.4 Å². The number of rotatable bonds is 3. The van der Waals surface area contributed by atoms with Crippen LogP contribution in [0.1, 0.15) is 41.3 Å². The van der Waals surface area contributed by atoms with Gasteiger partial charge in [0, 0.05) is 30.0 Å². The van der Waals surface area contributed by atoms with Gasteiger partial charge in [0.1, 0.15) is 0 Å². The highest BCUT2D eigenvalue weighted by molar-refractivity contribution is 6.21. The highest BCUT2D eigenvalue weighted by Gasteiger charge is 2.17. The summed E-state index contributed by atoms with van der Waals surface area (Å²) >= 11 is 6.07.